The fourth-order valence-electron chi connectivity index (χ4n) is 1.58. The summed E-state index contributed by atoms with van der Waals surface area (Å²) in [4.78, 5) is 0.957. The summed E-state index contributed by atoms with van der Waals surface area (Å²) in [5.41, 5.74) is 0. The molecule has 0 radical (unpaired) electrons. The van der Waals surface area contributed by atoms with E-state index >= 15 is 0 Å². The van der Waals surface area contributed by atoms with Crippen LogP contribution in [-0.4, -0.2) is 5.11 Å². The molecule has 1 heterocycles. The van der Waals surface area contributed by atoms with Gasteiger partial charge in [0.05, 0.1) is 6.10 Å². The molecule has 0 aliphatic heterocycles. The molecule has 0 saturated carbocycles. The van der Waals surface area contributed by atoms with Gasteiger partial charge in [0.1, 0.15) is 4.34 Å². The van der Waals surface area contributed by atoms with E-state index in [2.05, 4.69) is 29.8 Å². The van der Waals surface area contributed by atoms with E-state index in [0.717, 1.165) is 28.6 Å². The highest BCUT2D eigenvalue weighted by Gasteiger charge is 2.16. The van der Waals surface area contributed by atoms with Gasteiger partial charge < -0.3 is 5.11 Å². The van der Waals surface area contributed by atoms with Gasteiger partial charge in [0.25, 0.3) is 0 Å². The van der Waals surface area contributed by atoms with Crippen LogP contribution in [0.2, 0.25) is 4.34 Å². The molecule has 1 nitrogen and oxygen atoms in total. The first-order valence-corrected chi connectivity index (χ1v) is 7.20. The Hall–Kier alpha value is 0.430. The number of aliphatic hydroxyl groups excluding tert-OH is 1. The van der Waals surface area contributed by atoms with Gasteiger partial charge in [-0.05, 0) is 34.3 Å². The number of hydrogen-bond donors (Lipinski definition) is 1. The van der Waals surface area contributed by atoms with E-state index in [4.69, 9.17) is 11.6 Å². The minimum absolute atomic E-state index is 0.372. The maximum atomic E-state index is 10.0. The molecule has 0 fully saturated rings. The van der Waals surface area contributed by atoms with Crippen molar-refractivity contribution in [1.82, 2.24) is 0 Å². The average molecular weight is 312 g/mol. The Labute approximate surface area is 109 Å². The molecule has 15 heavy (non-hydrogen) atoms. The van der Waals surface area contributed by atoms with Crippen molar-refractivity contribution in [3.63, 3.8) is 0 Å². The Balaban J connectivity index is 2.64. The molecule has 0 aliphatic carbocycles. The third-order valence-electron chi connectivity index (χ3n) is 2.70. The smallest absolute Gasteiger partial charge is 0.107 e. The van der Waals surface area contributed by atoms with Gasteiger partial charge in [-0.25, -0.2) is 0 Å². The van der Waals surface area contributed by atoms with Crippen LogP contribution in [0.1, 0.15) is 44.1 Å². The minimum atomic E-state index is -0.372. The van der Waals surface area contributed by atoms with Gasteiger partial charge in [-0.1, -0.05) is 38.3 Å². The molecule has 0 amide bonds. The minimum Gasteiger partial charge on any atom is -0.388 e. The van der Waals surface area contributed by atoms with Crippen molar-refractivity contribution in [1.29, 1.82) is 0 Å². The van der Waals surface area contributed by atoms with Crippen LogP contribution in [0, 0.1) is 5.92 Å². The van der Waals surface area contributed by atoms with Crippen LogP contribution in [0.3, 0.4) is 0 Å². The largest absolute Gasteiger partial charge is 0.388 e. The topological polar surface area (TPSA) is 20.2 Å². The van der Waals surface area contributed by atoms with Crippen molar-refractivity contribution in [2.24, 2.45) is 5.92 Å². The predicted molar refractivity (Wildman–Crippen MR) is 70.7 cm³/mol. The fraction of sp³-hybridized carbons (Fsp3) is 0.636. The molecular weight excluding hydrogens is 296 g/mol. The second-order valence-electron chi connectivity index (χ2n) is 3.70. The van der Waals surface area contributed by atoms with Crippen molar-refractivity contribution in [2.75, 3.05) is 0 Å². The zero-order chi connectivity index (χ0) is 11.4. The van der Waals surface area contributed by atoms with Crippen LogP contribution in [0.25, 0.3) is 0 Å². The van der Waals surface area contributed by atoms with E-state index in [1.807, 2.05) is 6.07 Å². The first kappa shape index (κ1) is 13.5. The molecule has 0 aliphatic rings. The molecular formula is C11H16BrClOS. The Morgan fingerprint density at radius 1 is 1.47 bits per heavy atom. The highest BCUT2D eigenvalue weighted by Crippen LogP contribution is 2.37. The van der Waals surface area contributed by atoms with Crippen LogP contribution >= 0.6 is 38.9 Å². The maximum Gasteiger partial charge on any atom is 0.107 e. The quantitative estimate of drug-likeness (QED) is 0.809. The molecule has 1 rings (SSSR count). The molecule has 1 aromatic rings. The molecule has 86 valence electrons. The third kappa shape index (κ3) is 3.74. The Morgan fingerprint density at radius 2 is 2.07 bits per heavy atom. The van der Waals surface area contributed by atoms with E-state index in [-0.39, 0.29) is 6.10 Å². The van der Waals surface area contributed by atoms with Gasteiger partial charge in [-0.2, -0.15) is 0 Å². The summed E-state index contributed by atoms with van der Waals surface area (Å²) in [6, 6.07) is 1.92. The molecule has 1 N–H and O–H groups in total. The maximum absolute atomic E-state index is 10.0. The summed E-state index contributed by atoms with van der Waals surface area (Å²) < 4.78 is 1.60. The second kappa shape index (κ2) is 6.24. The average Bonchev–Trinajstić information content (AvgIpc) is 2.55. The SMILES string of the molecule is CCC(CC)CC(O)c1cc(Br)c(Cl)s1. The van der Waals surface area contributed by atoms with Gasteiger partial charge in [-0.3, -0.25) is 0 Å². The molecule has 0 saturated heterocycles. The molecule has 1 atom stereocenters. The Morgan fingerprint density at radius 3 is 2.47 bits per heavy atom. The van der Waals surface area contributed by atoms with E-state index in [1.165, 1.54) is 11.3 Å². The van der Waals surface area contributed by atoms with Crippen LogP contribution in [-0.2, 0) is 0 Å². The number of aliphatic hydroxyl groups is 1. The van der Waals surface area contributed by atoms with Crippen molar-refractivity contribution in [2.45, 2.75) is 39.2 Å². The van der Waals surface area contributed by atoms with Crippen molar-refractivity contribution < 1.29 is 5.11 Å². The van der Waals surface area contributed by atoms with Crippen LogP contribution < -0.4 is 0 Å². The monoisotopic (exact) mass is 310 g/mol. The fourth-order valence-corrected chi connectivity index (χ4v) is 3.32. The zero-order valence-corrected chi connectivity index (χ0v) is 12.1. The number of thiophene rings is 1. The standard InChI is InChI=1S/C11H16BrClOS/c1-3-7(4-2)5-9(14)10-6-8(12)11(13)15-10/h6-7,9,14H,3-5H2,1-2H3. The normalized spacial score (nSPS) is 13.5. The number of hydrogen-bond acceptors (Lipinski definition) is 2. The third-order valence-corrected chi connectivity index (χ3v) is 5.28. The Bertz CT molecular complexity index is 290. The van der Waals surface area contributed by atoms with Gasteiger partial charge in [-0.15, -0.1) is 11.3 Å². The Kier molecular flexibility index (Phi) is 5.61. The van der Waals surface area contributed by atoms with Gasteiger partial charge in [0.15, 0.2) is 0 Å². The number of halogens is 2. The molecule has 4 heteroatoms. The first-order valence-electron chi connectivity index (χ1n) is 5.21. The van der Waals surface area contributed by atoms with E-state index in [9.17, 15) is 5.11 Å². The van der Waals surface area contributed by atoms with Crippen LogP contribution in [0.4, 0.5) is 0 Å². The molecule has 0 aromatic carbocycles. The van der Waals surface area contributed by atoms with Crippen LogP contribution in [0.5, 0.6) is 0 Å². The lowest BCUT2D eigenvalue weighted by atomic mass is 9.95. The summed E-state index contributed by atoms with van der Waals surface area (Å²) in [7, 11) is 0. The molecule has 0 bridgehead atoms. The van der Waals surface area contributed by atoms with E-state index in [0.29, 0.717) is 10.3 Å². The lowest BCUT2D eigenvalue weighted by Crippen LogP contribution is -2.04. The molecule has 1 aromatic heterocycles. The zero-order valence-electron chi connectivity index (χ0n) is 8.96. The van der Waals surface area contributed by atoms with Crippen molar-refractivity contribution >= 4 is 38.9 Å². The summed E-state index contributed by atoms with van der Waals surface area (Å²) in [6.45, 7) is 4.33. The molecule has 0 spiro atoms. The number of rotatable bonds is 5. The highest BCUT2D eigenvalue weighted by molar-refractivity contribution is 9.10. The lowest BCUT2D eigenvalue weighted by molar-refractivity contribution is 0.144. The summed E-state index contributed by atoms with van der Waals surface area (Å²) in [6.07, 6.45) is 2.70. The highest BCUT2D eigenvalue weighted by atomic mass is 79.9. The summed E-state index contributed by atoms with van der Waals surface area (Å²) >= 11 is 10.7. The summed E-state index contributed by atoms with van der Waals surface area (Å²) in [5, 5.41) is 10.0. The first-order chi connectivity index (χ1) is 7.08. The molecule has 1 unspecified atom stereocenters. The lowest BCUT2D eigenvalue weighted by Gasteiger charge is -2.15. The predicted octanol–water partition coefficient (Wildman–Crippen LogP) is 5.02. The van der Waals surface area contributed by atoms with Gasteiger partial charge in [0.2, 0.25) is 0 Å². The van der Waals surface area contributed by atoms with Crippen molar-refractivity contribution in [3.05, 3.63) is 19.8 Å². The van der Waals surface area contributed by atoms with Gasteiger partial charge >= 0.3 is 0 Å². The van der Waals surface area contributed by atoms with Crippen LogP contribution in [0.15, 0.2) is 10.5 Å². The van der Waals surface area contributed by atoms with E-state index in [1.54, 1.807) is 0 Å². The second-order valence-corrected chi connectivity index (χ2v) is 6.24. The van der Waals surface area contributed by atoms with E-state index < -0.39 is 0 Å². The summed E-state index contributed by atoms with van der Waals surface area (Å²) in [5.74, 6) is 0.597. The van der Waals surface area contributed by atoms with Gasteiger partial charge in [0, 0.05) is 9.35 Å². The van der Waals surface area contributed by atoms with Crippen molar-refractivity contribution in [3.8, 4) is 0 Å².